The number of aryl methyl sites for hydroxylation is 1. The number of nitrogens with zero attached hydrogens (tertiary/aromatic N) is 3. The Morgan fingerprint density at radius 1 is 1.34 bits per heavy atom. The van der Waals surface area contributed by atoms with Crippen molar-refractivity contribution in [2.75, 3.05) is 12.3 Å². The van der Waals surface area contributed by atoms with E-state index in [1.807, 2.05) is 12.4 Å². The summed E-state index contributed by atoms with van der Waals surface area (Å²) >= 11 is 2.80. The molecule has 0 radical (unpaired) electrons. The molecule has 2 aromatic rings. The molecule has 2 heterocycles. The van der Waals surface area contributed by atoms with Crippen LogP contribution in [-0.4, -0.2) is 39.1 Å². The number of carbonyl (C=O) groups excluding carboxylic acids is 1. The van der Waals surface area contributed by atoms with Gasteiger partial charge in [-0.1, -0.05) is 32.5 Å². The molecular weight excluding hydrogens is 421 g/mol. The monoisotopic (exact) mass is 446 g/mol. The Labute approximate surface area is 176 Å². The lowest BCUT2D eigenvalue weighted by Gasteiger charge is -2.33. The third-order valence-corrected chi connectivity index (χ3v) is 7.43. The average molecular weight is 447 g/mol. The van der Waals surface area contributed by atoms with E-state index in [-0.39, 0.29) is 11.2 Å². The lowest BCUT2D eigenvalue weighted by molar-refractivity contribution is -0.136. The molecule has 1 amide bonds. The fourth-order valence-electron chi connectivity index (χ4n) is 3.41. The van der Waals surface area contributed by atoms with Crippen LogP contribution < -0.4 is 5.32 Å². The van der Waals surface area contributed by atoms with Gasteiger partial charge in [0, 0.05) is 11.9 Å². The topological polar surface area (TPSA) is 59.8 Å². The first-order valence-electron chi connectivity index (χ1n) is 9.41. The van der Waals surface area contributed by atoms with Gasteiger partial charge in [0.15, 0.2) is 11.0 Å². The van der Waals surface area contributed by atoms with Crippen LogP contribution in [0, 0.1) is 11.3 Å². The van der Waals surface area contributed by atoms with Crippen molar-refractivity contribution in [2.24, 2.45) is 18.4 Å². The second-order valence-corrected chi connectivity index (χ2v) is 10.5. The predicted octanol–water partition coefficient (Wildman–Crippen LogP) is 4.47. The summed E-state index contributed by atoms with van der Waals surface area (Å²) in [5.41, 5.74) is 1.65. The van der Waals surface area contributed by atoms with Crippen LogP contribution in [0.5, 0.6) is 0 Å². The number of amides is 1. The van der Waals surface area contributed by atoms with E-state index in [0.29, 0.717) is 11.1 Å². The van der Waals surface area contributed by atoms with Crippen LogP contribution >= 0.6 is 23.1 Å². The van der Waals surface area contributed by atoms with Crippen molar-refractivity contribution >= 4 is 29.0 Å². The van der Waals surface area contributed by atoms with Gasteiger partial charge in [0.1, 0.15) is 6.54 Å². The van der Waals surface area contributed by atoms with E-state index >= 15 is 0 Å². The summed E-state index contributed by atoms with van der Waals surface area (Å²) in [4.78, 5) is 14.0. The number of hydrogen-bond acceptors (Lipinski definition) is 5. The van der Waals surface area contributed by atoms with Gasteiger partial charge in [-0.3, -0.25) is 4.79 Å². The molecule has 0 aliphatic heterocycles. The number of alkyl halides is 3. The number of thioether (sulfide) groups is 1. The molecule has 0 spiro atoms. The molecule has 0 bridgehead atoms. The first-order valence-corrected chi connectivity index (χ1v) is 11.2. The molecule has 0 saturated heterocycles. The molecule has 5 nitrogen and oxygen atoms in total. The highest BCUT2D eigenvalue weighted by Crippen LogP contribution is 2.42. The summed E-state index contributed by atoms with van der Waals surface area (Å²) in [6, 6.07) is 2.19. The second-order valence-electron chi connectivity index (χ2n) is 8.41. The average Bonchev–Trinajstić information content (AvgIpc) is 3.19. The van der Waals surface area contributed by atoms with Crippen LogP contribution in [0.1, 0.15) is 37.6 Å². The van der Waals surface area contributed by atoms with Gasteiger partial charge in [-0.2, -0.15) is 13.2 Å². The maximum atomic E-state index is 12.2. The Balaban J connectivity index is 1.66. The normalized spacial score (nSPS) is 17.3. The SMILES string of the molecule is Cn1c(SCC(=O)NCC(F)(F)F)nnc1-c1cc2c(s1)CCC(C(C)(C)C)C2. The van der Waals surface area contributed by atoms with Gasteiger partial charge in [-0.05, 0) is 42.2 Å². The van der Waals surface area contributed by atoms with Crippen LogP contribution in [0.25, 0.3) is 10.7 Å². The molecule has 29 heavy (non-hydrogen) atoms. The Morgan fingerprint density at radius 2 is 2.07 bits per heavy atom. The minimum Gasteiger partial charge on any atom is -0.346 e. The molecule has 0 fully saturated rings. The highest BCUT2D eigenvalue weighted by molar-refractivity contribution is 7.99. The van der Waals surface area contributed by atoms with E-state index in [9.17, 15) is 18.0 Å². The van der Waals surface area contributed by atoms with E-state index in [4.69, 9.17) is 0 Å². The van der Waals surface area contributed by atoms with Gasteiger partial charge in [-0.25, -0.2) is 0 Å². The Kier molecular flexibility index (Phi) is 6.33. The molecule has 1 atom stereocenters. The quantitative estimate of drug-likeness (QED) is 0.689. The van der Waals surface area contributed by atoms with Crippen molar-refractivity contribution in [2.45, 2.75) is 51.4 Å². The third kappa shape index (κ3) is 5.53. The summed E-state index contributed by atoms with van der Waals surface area (Å²) in [6.45, 7) is 5.53. The molecule has 3 rings (SSSR count). The lowest BCUT2D eigenvalue weighted by atomic mass is 9.72. The van der Waals surface area contributed by atoms with Crippen molar-refractivity contribution in [3.8, 4) is 10.7 Å². The summed E-state index contributed by atoms with van der Waals surface area (Å²) < 4.78 is 38.3. The van der Waals surface area contributed by atoms with Crippen LogP contribution in [-0.2, 0) is 24.7 Å². The molecule has 10 heteroatoms. The van der Waals surface area contributed by atoms with Gasteiger partial charge in [-0.15, -0.1) is 21.5 Å². The smallest absolute Gasteiger partial charge is 0.346 e. The van der Waals surface area contributed by atoms with Gasteiger partial charge < -0.3 is 9.88 Å². The summed E-state index contributed by atoms with van der Waals surface area (Å²) in [5, 5.41) is 10.7. The number of aromatic nitrogens is 3. The fourth-order valence-corrected chi connectivity index (χ4v) is 5.38. The Hall–Kier alpha value is -1.55. The number of halogens is 3. The molecule has 1 aliphatic carbocycles. The molecule has 0 saturated carbocycles. The first kappa shape index (κ1) is 22.1. The van der Waals surface area contributed by atoms with Gasteiger partial charge in [0.25, 0.3) is 0 Å². The van der Waals surface area contributed by atoms with Crippen molar-refractivity contribution in [1.82, 2.24) is 20.1 Å². The number of rotatable bonds is 5. The minimum atomic E-state index is -4.41. The van der Waals surface area contributed by atoms with Gasteiger partial charge in [0.05, 0.1) is 10.6 Å². The van der Waals surface area contributed by atoms with Gasteiger partial charge in [0.2, 0.25) is 5.91 Å². The summed E-state index contributed by atoms with van der Waals surface area (Å²) in [7, 11) is 1.81. The largest absolute Gasteiger partial charge is 0.405 e. The standard InChI is InChI=1S/C19H25F3N4OS2/c1-18(2,3)12-5-6-13-11(7-12)8-14(29-13)16-24-25-17(26(16)4)28-9-15(27)23-10-19(20,21)22/h8,12H,5-7,9-10H2,1-4H3,(H,23,27). The fraction of sp³-hybridized carbons (Fsp3) is 0.632. The molecule has 1 aliphatic rings. The molecular formula is C19H25F3N4OS2. The van der Waals surface area contributed by atoms with E-state index in [1.54, 1.807) is 15.9 Å². The van der Waals surface area contributed by atoms with E-state index < -0.39 is 18.6 Å². The van der Waals surface area contributed by atoms with Crippen molar-refractivity contribution in [1.29, 1.82) is 0 Å². The molecule has 160 valence electrons. The number of thiophene rings is 1. The molecule has 1 N–H and O–H groups in total. The molecule has 0 aromatic carbocycles. The summed E-state index contributed by atoms with van der Waals surface area (Å²) in [5.74, 6) is 0.542. The van der Waals surface area contributed by atoms with Crippen LogP contribution in [0.3, 0.4) is 0 Å². The lowest BCUT2D eigenvalue weighted by Crippen LogP contribution is -2.34. The predicted molar refractivity (Wildman–Crippen MR) is 109 cm³/mol. The Bertz CT molecular complexity index is 883. The highest BCUT2D eigenvalue weighted by Gasteiger charge is 2.31. The zero-order chi connectivity index (χ0) is 21.4. The number of nitrogens with one attached hydrogen (secondary N) is 1. The first-order chi connectivity index (χ1) is 13.4. The number of hydrogen-bond donors (Lipinski definition) is 1. The van der Waals surface area contributed by atoms with Gasteiger partial charge >= 0.3 is 6.18 Å². The zero-order valence-electron chi connectivity index (χ0n) is 16.9. The molecule has 1 unspecified atom stereocenters. The van der Waals surface area contributed by atoms with Crippen molar-refractivity contribution in [3.63, 3.8) is 0 Å². The van der Waals surface area contributed by atoms with E-state index in [1.165, 1.54) is 16.9 Å². The minimum absolute atomic E-state index is 0.143. The van der Waals surface area contributed by atoms with Crippen molar-refractivity contribution < 1.29 is 18.0 Å². The number of carbonyl (C=O) groups is 1. The zero-order valence-corrected chi connectivity index (χ0v) is 18.5. The van der Waals surface area contributed by atoms with E-state index in [0.717, 1.165) is 35.3 Å². The van der Waals surface area contributed by atoms with Crippen molar-refractivity contribution in [3.05, 3.63) is 16.5 Å². The number of fused-ring (bicyclic) bond motifs is 1. The van der Waals surface area contributed by atoms with Crippen LogP contribution in [0.2, 0.25) is 0 Å². The van der Waals surface area contributed by atoms with E-state index in [2.05, 4.69) is 37.0 Å². The third-order valence-electron chi connectivity index (χ3n) is 5.18. The maximum absolute atomic E-state index is 12.2. The molecule has 2 aromatic heterocycles. The Morgan fingerprint density at radius 3 is 2.72 bits per heavy atom. The maximum Gasteiger partial charge on any atom is 0.405 e. The second kappa shape index (κ2) is 8.29. The van der Waals surface area contributed by atoms with Crippen LogP contribution in [0.15, 0.2) is 11.2 Å². The highest BCUT2D eigenvalue weighted by atomic mass is 32.2. The summed E-state index contributed by atoms with van der Waals surface area (Å²) in [6.07, 6.45) is -1.10. The van der Waals surface area contributed by atoms with Crippen LogP contribution in [0.4, 0.5) is 13.2 Å².